The van der Waals surface area contributed by atoms with Crippen LogP contribution in [-0.2, 0) is 12.8 Å². The molecule has 4 heteroatoms. The summed E-state index contributed by atoms with van der Waals surface area (Å²) in [6.07, 6.45) is 2.71. The molecule has 1 aliphatic carbocycles. The second-order valence-electron chi connectivity index (χ2n) is 4.67. The van der Waals surface area contributed by atoms with Gasteiger partial charge in [-0.3, -0.25) is 5.10 Å². The number of nitrogens with one attached hydrogen (secondary N) is 1. The fraction of sp³-hybridized carbons (Fsp3) is 0.600. The number of hydrogen-bond acceptors (Lipinski definition) is 2. The van der Waals surface area contributed by atoms with Crippen LogP contribution in [-0.4, -0.2) is 21.3 Å². The van der Waals surface area contributed by atoms with Crippen molar-refractivity contribution < 1.29 is 9.90 Å². The summed E-state index contributed by atoms with van der Waals surface area (Å²) in [7, 11) is 0. The van der Waals surface area contributed by atoms with Gasteiger partial charge in [0, 0.05) is 5.56 Å². The van der Waals surface area contributed by atoms with Gasteiger partial charge in [0.05, 0.1) is 5.69 Å². The minimum absolute atomic E-state index is 0.248. The van der Waals surface area contributed by atoms with Gasteiger partial charge in [-0.25, -0.2) is 4.79 Å². The Balaban J connectivity index is 2.39. The zero-order valence-corrected chi connectivity index (χ0v) is 8.42. The number of carboxylic acids is 1. The predicted octanol–water partition coefficient (Wildman–Crippen LogP) is 1.62. The number of carboxylic acid groups (broad SMARTS) is 1. The molecule has 0 saturated heterocycles. The largest absolute Gasteiger partial charge is 0.477 e. The van der Waals surface area contributed by atoms with Gasteiger partial charge in [0.1, 0.15) is 5.69 Å². The van der Waals surface area contributed by atoms with Crippen molar-refractivity contribution in [1.82, 2.24) is 10.2 Å². The Morgan fingerprint density at radius 2 is 2.29 bits per heavy atom. The molecule has 1 heterocycles. The van der Waals surface area contributed by atoms with Crippen LogP contribution in [0.5, 0.6) is 0 Å². The smallest absolute Gasteiger partial charge is 0.354 e. The minimum Gasteiger partial charge on any atom is -0.477 e. The number of hydrogen-bond donors (Lipinski definition) is 2. The average Bonchev–Trinajstić information content (AvgIpc) is 2.44. The van der Waals surface area contributed by atoms with Crippen LogP contribution >= 0.6 is 0 Å². The van der Waals surface area contributed by atoms with Crippen LogP contribution in [0.3, 0.4) is 0 Å². The zero-order valence-electron chi connectivity index (χ0n) is 8.42. The van der Waals surface area contributed by atoms with Crippen molar-refractivity contribution in [2.45, 2.75) is 33.1 Å². The number of fused-ring (bicyclic) bond motifs is 1. The van der Waals surface area contributed by atoms with Crippen molar-refractivity contribution in [3.8, 4) is 0 Å². The molecule has 0 amide bonds. The lowest BCUT2D eigenvalue weighted by Gasteiger charge is -2.28. The first kappa shape index (κ1) is 9.24. The van der Waals surface area contributed by atoms with E-state index < -0.39 is 5.97 Å². The summed E-state index contributed by atoms with van der Waals surface area (Å²) in [5.74, 6) is -0.904. The highest BCUT2D eigenvalue weighted by molar-refractivity contribution is 5.87. The molecule has 1 aromatic heterocycles. The van der Waals surface area contributed by atoms with E-state index in [0.29, 0.717) is 0 Å². The third-order valence-corrected chi connectivity index (χ3v) is 2.86. The molecule has 0 spiro atoms. The van der Waals surface area contributed by atoms with Crippen molar-refractivity contribution in [2.24, 2.45) is 5.41 Å². The third-order valence-electron chi connectivity index (χ3n) is 2.86. The molecule has 2 N–H and O–H groups in total. The lowest BCUT2D eigenvalue weighted by Crippen LogP contribution is -2.22. The Labute approximate surface area is 82.3 Å². The summed E-state index contributed by atoms with van der Waals surface area (Å²) in [4.78, 5) is 10.8. The van der Waals surface area contributed by atoms with Crippen molar-refractivity contribution in [3.05, 3.63) is 17.0 Å². The highest BCUT2D eigenvalue weighted by Crippen LogP contribution is 2.34. The van der Waals surface area contributed by atoms with Crippen LogP contribution < -0.4 is 0 Å². The summed E-state index contributed by atoms with van der Waals surface area (Å²) in [5.41, 5.74) is 2.35. The van der Waals surface area contributed by atoms with Crippen LogP contribution in [0.25, 0.3) is 0 Å². The maximum Gasteiger partial charge on any atom is 0.354 e. The third kappa shape index (κ3) is 1.41. The highest BCUT2D eigenvalue weighted by atomic mass is 16.4. The molecule has 0 aromatic carbocycles. The van der Waals surface area contributed by atoms with Gasteiger partial charge in [-0.05, 0) is 24.7 Å². The van der Waals surface area contributed by atoms with Crippen molar-refractivity contribution in [2.75, 3.05) is 0 Å². The van der Waals surface area contributed by atoms with Gasteiger partial charge in [-0.15, -0.1) is 0 Å². The van der Waals surface area contributed by atoms with Crippen LogP contribution in [0.1, 0.15) is 42.0 Å². The second kappa shape index (κ2) is 2.83. The number of nitrogens with zero attached hydrogens (tertiary/aromatic N) is 1. The molecular weight excluding hydrogens is 180 g/mol. The molecule has 0 atom stereocenters. The molecule has 0 aliphatic heterocycles. The van der Waals surface area contributed by atoms with E-state index in [1.807, 2.05) is 0 Å². The number of aromatic amines is 1. The van der Waals surface area contributed by atoms with E-state index in [1.54, 1.807) is 0 Å². The quantitative estimate of drug-likeness (QED) is 0.714. The molecule has 2 rings (SSSR count). The van der Waals surface area contributed by atoms with E-state index in [9.17, 15) is 4.79 Å². The topological polar surface area (TPSA) is 66.0 Å². The predicted molar refractivity (Wildman–Crippen MR) is 51.4 cm³/mol. The van der Waals surface area contributed by atoms with Gasteiger partial charge in [0.25, 0.3) is 0 Å². The first-order chi connectivity index (χ1) is 6.49. The maximum absolute atomic E-state index is 10.8. The Hall–Kier alpha value is -1.32. The first-order valence-electron chi connectivity index (χ1n) is 4.79. The van der Waals surface area contributed by atoms with Crippen molar-refractivity contribution in [1.29, 1.82) is 0 Å². The summed E-state index contributed by atoms with van der Waals surface area (Å²) in [6, 6.07) is 0. The Kier molecular flexibility index (Phi) is 1.87. The standard InChI is InChI=1S/C10H14N2O2/c1-10(2)4-3-6-7(5-10)11-12-8(6)9(13)14/h3-5H2,1-2H3,(H,11,12)(H,13,14). The monoisotopic (exact) mass is 194 g/mol. The van der Waals surface area contributed by atoms with E-state index in [0.717, 1.165) is 30.5 Å². The molecule has 0 fully saturated rings. The fourth-order valence-corrected chi connectivity index (χ4v) is 2.00. The van der Waals surface area contributed by atoms with Crippen LogP contribution in [0.15, 0.2) is 0 Å². The first-order valence-corrected chi connectivity index (χ1v) is 4.79. The molecule has 1 aromatic rings. The minimum atomic E-state index is -0.904. The van der Waals surface area contributed by atoms with Gasteiger partial charge in [-0.1, -0.05) is 13.8 Å². The van der Waals surface area contributed by atoms with E-state index in [4.69, 9.17) is 5.11 Å². The molecule has 0 radical (unpaired) electrons. The van der Waals surface area contributed by atoms with Crippen molar-refractivity contribution >= 4 is 5.97 Å². The average molecular weight is 194 g/mol. The lowest BCUT2D eigenvalue weighted by molar-refractivity contribution is 0.0688. The Morgan fingerprint density at radius 1 is 1.57 bits per heavy atom. The molecule has 1 aliphatic rings. The zero-order chi connectivity index (χ0) is 10.3. The molecule has 0 saturated carbocycles. The van der Waals surface area contributed by atoms with Crippen molar-refractivity contribution in [3.63, 3.8) is 0 Å². The molecular formula is C10H14N2O2. The van der Waals surface area contributed by atoms with E-state index >= 15 is 0 Å². The Morgan fingerprint density at radius 3 is 2.93 bits per heavy atom. The van der Waals surface area contributed by atoms with Crippen LogP contribution in [0.4, 0.5) is 0 Å². The number of aromatic nitrogens is 2. The Bertz CT molecular complexity index is 379. The highest BCUT2D eigenvalue weighted by Gasteiger charge is 2.30. The molecule has 0 bridgehead atoms. The molecule has 14 heavy (non-hydrogen) atoms. The van der Waals surface area contributed by atoms with Gasteiger partial charge in [0.2, 0.25) is 0 Å². The maximum atomic E-state index is 10.8. The fourth-order valence-electron chi connectivity index (χ4n) is 2.00. The summed E-state index contributed by atoms with van der Waals surface area (Å²) >= 11 is 0. The van der Waals surface area contributed by atoms with Crippen LogP contribution in [0.2, 0.25) is 0 Å². The summed E-state index contributed by atoms with van der Waals surface area (Å²) in [5, 5.41) is 15.6. The number of rotatable bonds is 1. The van der Waals surface area contributed by atoms with E-state index in [2.05, 4.69) is 24.0 Å². The molecule has 0 unspecified atom stereocenters. The summed E-state index contributed by atoms with van der Waals surface area (Å²) in [6.45, 7) is 4.37. The number of carbonyl (C=O) groups is 1. The SMILES string of the molecule is CC1(C)CCc2c(n[nH]c2C(=O)O)C1. The lowest BCUT2D eigenvalue weighted by atomic mass is 9.76. The van der Waals surface area contributed by atoms with Gasteiger partial charge in [-0.2, -0.15) is 5.10 Å². The van der Waals surface area contributed by atoms with Crippen LogP contribution in [0, 0.1) is 5.41 Å². The second-order valence-corrected chi connectivity index (χ2v) is 4.67. The summed E-state index contributed by atoms with van der Waals surface area (Å²) < 4.78 is 0. The number of aromatic carboxylic acids is 1. The molecule has 4 nitrogen and oxygen atoms in total. The van der Waals surface area contributed by atoms with Gasteiger partial charge in [0.15, 0.2) is 0 Å². The van der Waals surface area contributed by atoms with E-state index in [-0.39, 0.29) is 11.1 Å². The van der Waals surface area contributed by atoms with E-state index in [1.165, 1.54) is 0 Å². The van der Waals surface area contributed by atoms with Gasteiger partial charge >= 0.3 is 5.97 Å². The normalized spacial score (nSPS) is 19.0. The number of H-pyrrole nitrogens is 1. The molecule has 76 valence electrons. The van der Waals surface area contributed by atoms with Gasteiger partial charge < -0.3 is 5.11 Å².